The molecule has 1 aromatic heterocycles. The van der Waals surface area contributed by atoms with E-state index < -0.39 is 6.02 Å². The first-order valence-corrected chi connectivity index (χ1v) is 9.65. The molecule has 0 fully saturated rings. The first-order valence-electron chi connectivity index (χ1n) is 10.2. The molecule has 1 unspecified atom stereocenters. The molecule has 2 heterocycles. The molecular weight excluding hydrogens is 340 g/mol. The van der Waals surface area contributed by atoms with Crippen LogP contribution in [-0.2, 0) is 0 Å². The van der Waals surface area contributed by atoms with E-state index in [2.05, 4.69) is 77.6 Å². The quantitative estimate of drug-likeness (QED) is 0.415. The summed E-state index contributed by atoms with van der Waals surface area (Å²) in [4.78, 5) is 0. The second-order valence-electron chi connectivity index (χ2n) is 7.20. The zero-order valence-corrected chi connectivity index (χ0v) is 16.1. The third kappa shape index (κ3) is 2.53. The Morgan fingerprint density at radius 3 is 2.18 bits per heavy atom. The summed E-state index contributed by atoms with van der Waals surface area (Å²) < 4.78 is 13.9. The number of para-hydroxylation sites is 1. The molecule has 1 aliphatic heterocycles. The van der Waals surface area contributed by atoms with E-state index in [4.69, 9.17) is 0 Å². The number of fused-ring (bicyclic) bond motifs is 1. The lowest BCUT2D eigenvalue weighted by molar-refractivity contribution is -0.689. The molecule has 0 radical (unpaired) electrons. The molecule has 3 aromatic carbocycles. The minimum atomic E-state index is -0.986. The van der Waals surface area contributed by atoms with Crippen molar-refractivity contribution in [2.24, 2.45) is 0 Å². The number of hydrogen-bond donors (Lipinski definition) is 0. The fourth-order valence-corrected chi connectivity index (χ4v) is 4.11. The fourth-order valence-electron chi connectivity index (χ4n) is 4.11. The van der Waals surface area contributed by atoms with Gasteiger partial charge in [0.2, 0.25) is 0 Å². The largest absolute Gasteiger partial charge is 0.295 e. The third-order valence-electron chi connectivity index (χ3n) is 5.47. The average Bonchev–Trinajstić information content (AvgIpc) is 3.26. The fraction of sp³-hybridized carbons (Fsp3) is 0.115. The minimum Gasteiger partial charge on any atom is -0.212 e. The summed E-state index contributed by atoms with van der Waals surface area (Å²) in [5, 5.41) is 0. The van der Waals surface area contributed by atoms with Gasteiger partial charge in [0, 0.05) is 12.5 Å². The zero-order valence-electron chi connectivity index (χ0n) is 17.1. The van der Waals surface area contributed by atoms with Crippen LogP contribution in [0.15, 0.2) is 91.0 Å². The monoisotopic (exact) mass is 364 g/mol. The smallest absolute Gasteiger partial charge is 0.212 e. The number of rotatable bonds is 3. The number of benzene rings is 3. The van der Waals surface area contributed by atoms with Gasteiger partial charge in [0.1, 0.15) is 11.7 Å². The number of imidazole rings is 1. The van der Waals surface area contributed by atoms with Gasteiger partial charge in [-0.05, 0) is 42.8 Å². The molecule has 0 saturated carbocycles. The van der Waals surface area contributed by atoms with E-state index in [1.165, 1.54) is 5.56 Å². The highest BCUT2D eigenvalue weighted by atomic mass is 15.2. The summed E-state index contributed by atoms with van der Waals surface area (Å²) in [6.45, 7) is 4.28. The molecule has 1 aliphatic rings. The predicted molar refractivity (Wildman–Crippen MR) is 114 cm³/mol. The van der Waals surface area contributed by atoms with E-state index in [9.17, 15) is 1.37 Å². The summed E-state index contributed by atoms with van der Waals surface area (Å²) in [5.74, 6) is 1.02. The zero-order chi connectivity index (χ0) is 20.0. The molecule has 0 spiro atoms. The lowest BCUT2D eigenvalue weighted by Crippen LogP contribution is -2.40. The van der Waals surface area contributed by atoms with Crippen molar-refractivity contribution < 1.29 is 5.94 Å². The minimum absolute atomic E-state index is 0.958. The first kappa shape index (κ1) is 15.6. The summed E-state index contributed by atoms with van der Waals surface area (Å²) in [5.41, 5.74) is 6.63. The molecule has 2 nitrogen and oxygen atoms in total. The molecule has 1 atom stereocenters. The highest BCUT2D eigenvalue weighted by molar-refractivity contribution is 5.63. The highest BCUT2D eigenvalue weighted by Gasteiger charge is 2.37. The Morgan fingerprint density at radius 1 is 0.821 bits per heavy atom. The van der Waals surface area contributed by atoms with Gasteiger partial charge < -0.3 is 0 Å². The molecule has 0 aliphatic carbocycles. The summed E-state index contributed by atoms with van der Waals surface area (Å²) in [7, 11) is 0. The van der Waals surface area contributed by atoms with Gasteiger partial charge in [-0.1, -0.05) is 66.7 Å². The Labute approximate surface area is 167 Å². The van der Waals surface area contributed by atoms with Gasteiger partial charge in [-0.15, -0.1) is 0 Å². The molecule has 4 aromatic rings. The van der Waals surface area contributed by atoms with Crippen LogP contribution >= 0.6 is 0 Å². The summed E-state index contributed by atoms with van der Waals surface area (Å²) >= 11 is 0. The van der Waals surface area contributed by atoms with E-state index >= 15 is 0 Å². The molecular formula is C26H23N2+. The van der Waals surface area contributed by atoms with E-state index in [0.717, 1.165) is 34.0 Å². The van der Waals surface area contributed by atoms with Crippen molar-refractivity contribution in [2.75, 3.05) is 0 Å². The number of aryl methyl sites for hydroxylation is 1. The van der Waals surface area contributed by atoms with E-state index in [1.54, 1.807) is 0 Å². The van der Waals surface area contributed by atoms with Gasteiger partial charge in [0.15, 0.2) is 11.4 Å². The second kappa shape index (κ2) is 6.65. The Hall–Kier alpha value is -3.39. The van der Waals surface area contributed by atoms with E-state index in [-0.39, 0.29) is 0 Å². The van der Waals surface area contributed by atoms with Crippen molar-refractivity contribution in [2.45, 2.75) is 19.9 Å². The van der Waals surface area contributed by atoms with Crippen LogP contribution in [-0.4, -0.2) is 4.57 Å². The molecule has 0 amide bonds. The van der Waals surface area contributed by atoms with Crippen molar-refractivity contribution in [3.63, 3.8) is 0 Å². The van der Waals surface area contributed by atoms with Crippen LogP contribution in [0, 0.1) is 13.8 Å². The van der Waals surface area contributed by atoms with Gasteiger partial charge in [0.25, 0.3) is 5.82 Å². The number of allylic oxidation sites excluding steroid dienone is 1. The maximum atomic E-state index is 9.48. The lowest BCUT2D eigenvalue weighted by Gasteiger charge is -2.12. The molecule has 0 saturated heterocycles. The van der Waals surface area contributed by atoms with Crippen molar-refractivity contribution in [1.82, 2.24) is 4.57 Å². The Balaban J connectivity index is 1.88. The Bertz CT molecular complexity index is 1220. The first-order chi connectivity index (χ1) is 14.1. The van der Waals surface area contributed by atoms with Crippen LogP contribution in [0.25, 0.3) is 23.2 Å². The summed E-state index contributed by atoms with van der Waals surface area (Å²) in [6.07, 6.45) is 4.09. The lowest BCUT2D eigenvalue weighted by atomic mass is 10.1. The van der Waals surface area contributed by atoms with Crippen LogP contribution in [0.2, 0.25) is 0 Å². The predicted octanol–water partition coefficient (Wildman–Crippen LogP) is 5.66. The Kier molecular flexibility index (Phi) is 3.71. The van der Waals surface area contributed by atoms with Crippen molar-refractivity contribution in [3.8, 4) is 17.1 Å². The van der Waals surface area contributed by atoms with Crippen molar-refractivity contribution in [1.29, 1.82) is 0 Å². The van der Waals surface area contributed by atoms with Gasteiger partial charge in [-0.25, -0.2) is 4.57 Å². The van der Waals surface area contributed by atoms with Crippen LogP contribution in [0.5, 0.6) is 0 Å². The van der Waals surface area contributed by atoms with Gasteiger partial charge in [-0.2, -0.15) is 4.57 Å². The van der Waals surface area contributed by atoms with E-state index in [0.29, 0.717) is 0 Å². The van der Waals surface area contributed by atoms with Gasteiger partial charge in [-0.3, -0.25) is 0 Å². The Morgan fingerprint density at radius 2 is 1.46 bits per heavy atom. The van der Waals surface area contributed by atoms with Crippen LogP contribution in [0.4, 0.5) is 0 Å². The van der Waals surface area contributed by atoms with Crippen LogP contribution < -0.4 is 4.57 Å². The van der Waals surface area contributed by atoms with Crippen molar-refractivity contribution >= 4 is 6.08 Å². The van der Waals surface area contributed by atoms with Crippen molar-refractivity contribution in [3.05, 3.63) is 114 Å². The SMILES string of the molecule is [2H]C1(c2ccccc2)C=Cc2c(C)n(-c3ccccc3C)c(-c3ccccc3)[n+]21. The number of hydrogen-bond acceptors (Lipinski definition) is 0. The van der Waals surface area contributed by atoms with E-state index in [1.807, 2.05) is 42.5 Å². The molecule has 28 heavy (non-hydrogen) atoms. The molecule has 5 rings (SSSR count). The second-order valence-corrected chi connectivity index (χ2v) is 7.20. The normalized spacial score (nSPS) is 18.1. The van der Waals surface area contributed by atoms with Gasteiger partial charge >= 0.3 is 0 Å². The maximum absolute atomic E-state index is 9.48. The molecule has 0 bridgehead atoms. The summed E-state index contributed by atoms with van der Waals surface area (Å²) in [6, 6.07) is 27.9. The number of aromatic nitrogens is 2. The molecule has 0 N–H and O–H groups in total. The number of nitrogens with zero attached hydrogens (tertiary/aromatic N) is 2. The third-order valence-corrected chi connectivity index (χ3v) is 5.47. The average molecular weight is 364 g/mol. The molecule has 136 valence electrons. The topological polar surface area (TPSA) is 8.81 Å². The highest BCUT2D eigenvalue weighted by Crippen LogP contribution is 2.33. The maximum Gasteiger partial charge on any atom is 0.295 e. The molecule has 2 heteroatoms. The van der Waals surface area contributed by atoms with Gasteiger partial charge in [0.05, 0.1) is 6.93 Å². The standard InChI is InChI=1S/C26H23N2/c1-19-11-9-10-16-23(19)27-20(2)24-17-18-25(21-12-5-3-6-13-21)28(24)26(27)22-14-7-4-8-15-22/h3-18,25H,1-2H3/q+1/i25D. The van der Waals surface area contributed by atoms with Crippen LogP contribution in [0.3, 0.4) is 0 Å². The van der Waals surface area contributed by atoms with Crippen LogP contribution in [0.1, 0.15) is 29.9 Å².